The van der Waals surface area contributed by atoms with E-state index in [0.717, 1.165) is 0 Å². The standard InChI is InChI=1S/C24H27N3O6S/c1-3-31-19-14-18(27-24(30)21-8-6-12-34-21)20(32-4-2)13-17(19)26-23(29)10-9-22(28)25-15-16-7-5-11-33-16/h5-8,11-14H,3-4,9-10,15H2,1-2H3,(H,25,28)(H,26,29)(H,27,30). The molecule has 2 aromatic heterocycles. The summed E-state index contributed by atoms with van der Waals surface area (Å²) in [6, 6.07) is 10.2. The van der Waals surface area contributed by atoms with Gasteiger partial charge in [0.2, 0.25) is 11.8 Å². The lowest BCUT2D eigenvalue weighted by atomic mass is 10.2. The molecule has 0 aliphatic carbocycles. The van der Waals surface area contributed by atoms with Gasteiger partial charge in [0.1, 0.15) is 17.3 Å². The van der Waals surface area contributed by atoms with E-state index in [1.165, 1.54) is 17.6 Å². The molecule has 0 saturated carbocycles. The van der Waals surface area contributed by atoms with Crippen molar-refractivity contribution in [1.29, 1.82) is 0 Å². The van der Waals surface area contributed by atoms with Crippen molar-refractivity contribution in [3.05, 3.63) is 58.7 Å². The molecule has 34 heavy (non-hydrogen) atoms. The Morgan fingerprint density at radius 1 is 0.912 bits per heavy atom. The number of anilines is 2. The maximum Gasteiger partial charge on any atom is 0.265 e. The smallest absolute Gasteiger partial charge is 0.265 e. The van der Waals surface area contributed by atoms with Crippen molar-refractivity contribution in [3.8, 4) is 11.5 Å². The van der Waals surface area contributed by atoms with E-state index in [-0.39, 0.29) is 37.1 Å². The van der Waals surface area contributed by atoms with Gasteiger partial charge in [-0.15, -0.1) is 11.3 Å². The second kappa shape index (κ2) is 12.4. The summed E-state index contributed by atoms with van der Waals surface area (Å²) in [5, 5.41) is 10.1. The Bertz CT molecular complexity index is 1100. The molecule has 2 heterocycles. The first kappa shape index (κ1) is 24.8. The Morgan fingerprint density at radius 3 is 2.18 bits per heavy atom. The van der Waals surface area contributed by atoms with Gasteiger partial charge in [0.15, 0.2) is 0 Å². The van der Waals surface area contributed by atoms with E-state index in [9.17, 15) is 14.4 Å². The third-order valence-corrected chi connectivity index (χ3v) is 5.44. The fourth-order valence-electron chi connectivity index (χ4n) is 3.02. The van der Waals surface area contributed by atoms with E-state index in [1.807, 2.05) is 19.2 Å². The third kappa shape index (κ3) is 7.11. The van der Waals surface area contributed by atoms with Crippen LogP contribution in [0.2, 0.25) is 0 Å². The summed E-state index contributed by atoms with van der Waals surface area (Å²) in [6.07, 6.45) is 1.53. The molecule has 9 nitrogen and oxygen atoms in total. The highest BCUT2D eigenvalue weighted by Crippen LogP contribution is 2.37. The molecule has 10 heteroatoms. The average Bonchev–Trinajstić information content (AvgIpc) is 3.54. The van der Waals surface area contributed by atoms with Crippen molar-refractivity contribution < 1.29 is 28.3 Å². The quantitative estimate of drug-likeness (QED) is 0.349. The minimum absolute atomic E-state index is 0.0175. The van der Waals surface area contributed by atoms with Crippen LogP contribution in [0, 0.1) is 0 Å². The molecule has 3 aromatic rings. The fourth-order valence-corrected chi connectivity index (χ4v) is 3.64. The first-order valence-electron chi connectivity index (χ1n) is 10.9. The van der Waals surface area contributed by atoms with Crippen LogP contribution in [0.4, 0.5) is 11.4 Å². The lowest BCUT2D eigenvalue weighted by Crippen LogP contribution is -2.24. The van der Waals surface area contributed by atoms with Crippen LogP contribution in [-0.2, 0) is 16.1 Å². The number of amides is 3. The number of carbonyl (C=O) groups excluding carboxylic acids is 3. The summed E-state index contributed by atoms with van der Waals surface area (Å²) in [4.78, 5) is 37.6. The van der Waals surface area contributed by atoms with Crippen LogP contribution in [0.25, 0.3) is 0 Å². The summed E-state index contributed by atoms with van der Waals surface area (Å²) in [5.74, 6) is 0.514. The molecular formula is C24H27N3O6S. The van der Waals surface area contributed by atoms with Gasteiger partial charge in [0.25, 0.3) is 5.91 Å². The van der Waals surface area contributed by atoms with Crippen LogP contribution < -0.4 is 25.4 Å². The molecule has 0 spiro atoms. The van der Waals surface area contributed by atoms with Gasteiger partial charge in [0.05, 0.1) is 42.3 Å². The highest BCUT2D eigenvalue weighted by molar-refractivity contribution is 7.12. The van der Waals surface area contributed by atoms with Gasteiger partial charge >= 0.3 is 0 Å². The second-order valence-electron chi connectivity index (χ2n) is 7.05. The molecule has 0 atom stereocenters. The van der Waals surface area contributed by atoms with E-state index in [2.05, 4.69) is 16.0 Å². The van der Waals surface area contributed by atoms with Crippen LogP contribution >= 0.6 is 11.3 Å². The monoisotopic (exact) mass is 485 g/mol. The van der Waals surface area contributed by atoms with E-state index >= 15 is 0 Å². The summed E-state index contributed by atoms with van der Waals surface area (Å²) in [5.41, 5.74) is 0.819. The van der Waals surface area contributed by atoms with Crippen LogP contribution in [-0.4, -0.2) is 30.9 Å². The number of ether oxygens (including phenoxy) is 2. The number of hydrogen-bond donors (Lipinski definition) is 3. The van der Waals surface area contributed by atoms with Crippen molar-refractivity contribution in [2.24, 2.45) is 0 Å². The summed E-state index contributed by atoms with van der Waals surface area (Å²) in [6.45, 7) is 4.61. The molecule has 3 N–H and O–H groups in total. The molecule has 0 aliphatic rings. The van der Waals surface area contributed by atoms with Crippen molar-refractivity contribution in [3.63, 3.8) is 0 Å². The highest BCUT2D eigenvalue weighted by atomic mass is 32.1. The van der Waals surface area contributed by atoms with Crippen LogP contribution in [0.3, 0.4) is 0 Å². The van der Waals surface area contributed by atoms with Gasteiger partial charge in [-0.3, -0.25) is 14.4 Å². The number of rotatable bonds is 12. The third-order valence-electron chi connectivity index (χ3n) is 4.57. The lowest BCUT2D eigenvalue weighted by Gasteiger charge is -2.17. The summed E-state index contributed by atoms with van der Waals surface area (Å²) >= 11 is 1.33. The van der Waals surface area contributed by atoms with Crippen molar-refractivity contribution in [2.45, 2.75) is 33.2 Å². The molecule has 3 rings (SSSR count). The number of carbonyl (C=O) groups is 3. The first-order chi connectivity index (χ1) is 16.5. The summed E-state index contributed by atoms with van der Waals surface area (Å²) < 4.78 is 16.5. The minimum Gasteiger partial charge on any atom is -0.492 e. The Hall–Kier alpha value is -3.79. The zero-order valence-electron chi connectivity index (χ0n) is 19.0. The van der Waals surface area contributed by atoms with Crippen LogP contribution in [0.5, 0.6) is 11.5 Å². The normalized spacial score (nSPS) is 10.4. The van der Waals surface area contributed by atoms with Crippen LogP contribution in [0.15, 0.2) is 52.5 Å². The molecule has 3 amide bonds. The Labute approximate surface area is 201 Å². The SMILES string of the molecule is CCOc1cc(NC(=O)c2cccs2)c(OCC)cc1NC(=O)CCC(=O)NCc1ccco1. The molecule has 0 bridgehead atoms. The van der Waals surface area contributed by atoms with E-state index in [0.29, 0.717) is 46.7 Å². The van der Waals surface area contributed by atoms with Gasteiger partial charge in [-0.2, -0.15) is 0 Å². The molecule has 0 unspecified atom stereocenters. The van der Waals surface area contributed by atoms with Crippen molar-refractivity contribution >= 4 is 40.4 Å². The predicted molar refractivity (Wildman–Crippen MR) is 129 cm³/mol. The van der Waals surface area contributed by atoms with Gasteiger partial charge in [-0.25, -0.2) is 0 Å². The molecule has 0 saturated heterocycles. The van der Waals surface area contributed by atoms with E-state index in [4.69, 9.17) is 13.9 Å². The number of thiophene rings is 1. The first-order valence-corrected chi connectivity index (χ1v) is 11.8. The zero-order valence-corrected chi connectivity index (χ0v) is 19.8. The van der Waals surface area contributed by atoms with Gasteiger partial charge < -0.3 is 29.8 Å². The van der Waals surface area contributed by atoms with Gasteiger partial charge in [-0.1, -0.05) is 6.07 Å². The highest BCUT2D eigenvalue weighted by Gasteiger charge is 2.18. The Morgan fingerprint density at radius 2 is 1.59 bits per heavy atom. The Kier molecular flexibility index (Phi) is 9.10. The maximum atomic E-state index is 12.5. The molecule has 0 radical (unpaired) electrons. The largest absolute Gasteiger partial charge is 0.492 e. The van der Waals surface area contributed by atoms with Crippen LogP contribution in [0.1, 0.15) is 42.1 Å². The van der Waals surface area contributed by atoms with Crippen molar-refractivity contribution in [2.75, 3.05) is 23.8 Å². The Balaban J connectivity index is 1.66. The average molecular weight is 486 g/mol. The predicted octanol–water partition coefficient (Wildman–Crippen LogP) is 4.43. The number of benzene rings is 1. The molecule has 0 fully saturated rings. The maximum absolute atomic E-state index is 12.5. The van der Waals surface area contributed by atoms with Crippen molar-refractivity contribution in [1.82, 2.24) is 5.32 Å². The second-order valence-corrected chi connectivity index (χ2v) is 7.99. The molecule has 0 aliphatic heterocycles. The van der Waals surface area contributed by atoms with Gasteiger partial charge in [-0.05, 0) is 37.4 Å². The van der Waals surface area contributed by atoms with E-state index in [1.54, 1.807) is 36.4 Å². The topological polar surface area (TPSA) is 119 Å². The summed E-state index contributed by atoms with van der Waals surface area (Å²) in [7, 11) is 0. The number of nitrogens with one attached hydrogen (secondary N) is 3. The lowest BCUT2D eigenvalue weighted by molar-refractivity contribution is -0.124. The number of furan rings is 1. The van der Waals surface area contributed by atoms with Gasteiger partial charge in [0, 0.05) is 25.0 Å². The molecule has 180 valence electrons. The van der Waals surface area contributed by atoms with E-state index < -0.39 is 0 Å². The number of hydrogen-bond acceptors (Lipinski definition) is 7. The minimum atomic E-state index is -0.355. The fraction of sp³-hybridized carbons (Fsp3) is 0.292. The zero-order chi connectivity index (χ0) is 24.3. The molecular weight excluding hydrogens is 458 g/mol. The molecule has 1 aromatic carbocycles.